The highest BCUT2D eigenvalue weighted by atomic mass is 16.5. The molecule has 1 aromatic heterocycles. The number of nitrogens with one attached hydrogen (secondary N) is 1. The molecule has 92 valence electrons. The summed E-state index contributed by atoms with van der Waals surface area (Å²) in [5.74, 6) is 0.601. The van der Waals surface area contributed by atoms with E-state index in [-0.39, 0.29) is 0 Å². The first-order valence-electron chi connectivity index (χ1n) is 5.92. The van der Waals surface area contributed by atoms with Crippen molar-refractivity contribution in [3.8, 4) is 0 Å². The van der Waals surface area contributed by atoms with Gasteiger partial charge < -0.3 is 14.5 Å². The van der Waals surface area contributed by atoms with Crippen LogP contribution in [0.5, 0.6) is 0 Å². The van der Waals surface area contributed by atoms with Crippen LogP contribution < -0.4 is 5.32 Å². The molecule has 0 saturated heterocycles. The Morgan fingerprint density at radius 2 is 2.12 bits per heavy atom. The van der Waals surface area contributed by atoms with Crippen molar-refractivity contribution in [2.45, 2.75) is 39.3 Å². The van der Waals surface area contributed by atoms with Crippen molar-refractivity contribution in [1.29, 1.82) is 0 Å². The summed E-state index contributed by atoms with van der Waals surface area (Å²) in [6.45, 7) is 7.42. The Labute approximate surface area is 98.2 Å². The van der Waals surface area contributed by atoms with Gasteiger partial charge in [-0.2, -0.15) is 0 Å². The maximum atomic E-state index is 5.14. The summed E-state index contributed by atoms with van der Waals surface area (Å²) >= 11 is 0. The van der Waals surface area contributed by atoms with E-state index in [9.17, 15) is 0 Å². The number of methoxy groups -OCH3 is 1. The number of hydrogen-bond donors (Lipinski definition) is 1. The second-order valence-electron chi connectivity index (χ2n) is 4.58. The van der Waals surface area contributed by atoms with Crippen LogP contribution in [-0.4, -0.2) is 19.8 Å². The molecule has 3 nitrogen and oxygen atoms in total. The maximum Gasteiger partial charge on any atom is 0.0950 e. The number of ether oxygens (including phenoxy) is 1. The molecule has 0 radical (unpaired) electrons. The van der Waals surface area contributed by atoms with Crippen LogP contribution in [0.25, 0.3) is 0 Å². The molecule has 0 aliphatic heterocycles. The summed E-state index contributed by atoms with van der Waals surface area (Å²) in [6.07, 6.45) is 4.55. The van der Waals surface area contributed by atoms with Gasteiger partial charge in [0, 0.05) is 31.4 Å². The summed E-state index contributed by atoms with van der Waals surface area (Å²) in [7, 11) is 1.75. The molecule has 2 atom stereocenters. The van der Waals surface area contributed by atoms with Crippen molar-refractivity contribution in [1.82, 2.24) is 5.32 Å². The molecule has 0 aromatic carbocycles. The van der Waals surface area contributed by atoms with Crippen molar-refractivity contribution in [2.24, 2.45) is 5.92 Å². The Hall–Kier alpha value is -0.800. The summed E-state index contributed by atoms with van der Waals surface area (Å²) in [5.41, 5.74) is 1.20. The lowest BCUT2D eigenvalue weighted by Gasteiger charge is -2.25. The van der Waals surface area contributed by atoms with Crippen LogP contribution in [-0.2, 0) is 4.74 Å². The van der Waals surface area contributed by atoms with E-state index in [2.05, 4.69) is 26.1 Å². The molecular weight excluding hydrogens is 202 g/mol. The van der Waals surface area contributed by atoms with Crippen molar-refractivity contribution in [2.75, 3.05) is 13.7 Å². The quantitative estimate of drug-likeness (QED) is 0.774. The maximum absolute atomic E-state index is 5.14. The molecule has 1 aromatic rings. The van der Waals surface area contributed by atoms with Crippen molar-refractivity contribution in [3.63, 3.8) is 0 Å². The van der Waals surface area contributed by atoms with Gasteiger partial charge in [-0.3, -0.25) is 0 Å². The first-order valence-corrected chi connectivity index (χ1v) is 5.92. The van der Waals surface area contributed by atoms with E-state index in [4.69, 9.17) is 9.15 Å². The highest BCUT2D eigenvalue weighted by molar-refractivity contribution is 5.10. The molecule has 16 heavy (non-hydrogen) atoms. The van der Waals surface area contributed by atoms with Crippen LogP contribution in [0.4, 0.5) is 0 Å². The predicted octanol–water partition coefficient (Wildman–Crippen LogP) is 2.99. The predicted molar refractivity (Wildman–Crippen MR) is 65.4 cm³/mol. The number of hydrogen-bond acceptors (Lipinski definition) is 3. The van der Waals surface area contributed by atoms with Gasteiger partial charge in [-0.05, 0) is 25.3 Å². The zero-order valence-electron chi connectivity index (χ0n) is 10.7. The van der Waals surface area contributed by atoms with Crippen LogP contribution in [0.3, 0.4) is 0 Å². The fourth-order valence-corrected chi connectivity index (χ4v) is 1.79. The topological polar surface area (TPSA) is 34.4 Å². The monoisotopic (exact) mass is 225 g/mol. The third-order valence-electron chi connectivity index (χ3n) is 2.94. The smallest absolute Gasteiger partial charge is 0.0950 e. The zero-order valence-corrected chi connectivity index (χ0v) is 10.7. The molecule has 0 fully saturated rings. The largest absolute Gasteiger partial charge is 0.472 e. The summed E-state index contributed by atoms with van der Waals surface area (Å²) in [4.78, 5) is 0. The van der Waals surface area contributed by atoms with Crippen LogP contribution in [0, 0.1) is 5.92 Å². The second kappa shape index (κ2) is 6.71. The lowest BCUT2D eigenvalue weighted by atomic mass is 9.99. The average Bonchev–Trinajstić information content (AvgIpc) is 2.76. The molecule has 1 N–H and O–H groups in total. The van der Waals surface area contributed by atoms with Gasteiger partial charge in [0.15, 0.2) is 0 Å². The van der Waals surface area contributed by atoms with Gasteiger partial charge in [-0.1, -0.05) is 13.8 Å². The lowest BCUT2D eigenvalue weighted by Crippen LogP contribution is -2.36. The Kier molecular flexibility index (Phi) is 5.56. The van der Waals surface area contributed by atoms with E-state index in [1.165, 1.54) is 5.56 Å². The van der Waals surface area contributed by atoms with Crippen molar-refractivity contribution >= 4 is 0 Å². The van der Waals surface area contributed by atoms with Crippen LogP contribution in [0.15, 0.2) is 23.0 Å². The van der Waals surface area contributed by atoms with Crippen LogP contribution >= 0.6 is 0 Å². The average molecular weight is 225 g/mol. The third-order valence-corrected chi connectivity index (χ3v) is 2.94. The van der Waals surface area contributed by atoms with Gasteiger partial charge in [0.2, 0.25) is 0 Å². The molecule has 0 aliphatic rings. The fourth-order valence-electron chi connectivity index (χ4n) is 1.79. The minimum Gasteiger partial charge on any atom is -0.472 e. The van der Waals surface area contributed by atoms with E-state index < -0.39 is 0 Å². The highest BCUT2D eigenvalue weighted by Crippen LogP contribution is 2.16. The van der Waals surface area contributed by atoms with E-state index in [1.807, 2.05) is 6.07 Å². The Bertz CT molecular complexity index is 269. The van der Waals surface area contributed by atoms with Gasteiger partial charge in [0.1, 0.15) is 0 Å². The minimum absolute atomic E-state index is 0.322. The number of rotatable bonds is 7. The molecule has 0 bridgehead atoms. The summed E-state index contributed by atoms with van der Waals surface area (Å²) in [6, 6.07) is 2.80. The Balaban J connectivity index is 2.47. The van der Waals surface area contributed by atoms with Gasteiger partial charge in [-0.25, -0.2) is 0 Å². The Morgan fingerprint density at radius 1 is 1.38 bits per heavy atom. The van der Waals surface area contributed by atoms with Gasteiger partial charge in [0.05, 0.1) is 12.5 Å². The third kappa shape index (κ3) is 3.99. The Morgan fingerprint density at radius 3 is 2.62 bits per heavy atom. The van der Waals surface area contributed by atoms with Gasteiger partial charge in [-0.15, -0.1) is 0 Å². The van der Waals surface area contributed by atoms with E-state index >= 15 is 0 Å². The SMILES string of the molecule is COCCC(NC(C)c1ccoc1)C(C)C. The van der Waals surface area contributed by atoms with Crippen LogP contribution in [0.2, 0.25) is 0 Å². The van der Waals surface area contributed by atoms with Crippen molar-refractivity contribution < 1.29 is 9.15 Å². The van der Waals surface area contributed by atoms with Crippen LogP contribution in [0.1, 0.15) is 38.8 Å². The fraction of sp³-hybridized carbons (Fsp3) is 0.692. The minimum atomic E-state index is 0.322. The molecule has 0 amide bonds. The standard InChI is InChI=1S/C13H23NO2/c1-10(2)13(6-7-15-4)14-11(3)12-5-8-16-9-12/h5,8-11,13-14H,6-7H2,1-4H3. The van der Waals surface area contributed by atoms with E-state index in [1.54, 1.807) is 19.6 Å². The first-order chi connectivity index (χ1) is 7.65. The van der Waals surface area contributed by atoms with Gasteiger partial charge >= 0.3 is 0 Å². The summed E-state index contributed by atoms with van der Waals surface area (Å²) < 4.78 is 10.2. The van der Waals surface area contributed by atoms with Crippen molar-refractivity contribution in [3.05, 3.63) is 24.2 Å². The molecule has 1 rings (SSSR count). The number of furan rings is 1. The molecule has 0 saturated carbocycles. The first kappa shape index (κ1) is 13.3. The molecule has 0 aliphatic carbocycles. The molecular formula is C13H23NO2. The second-order valence-corrected chi connectivity index (χ2v) is 4.58. The highest BCUT2D eigenvalue weighted by Gasteiger charge is 2.16. The van der Waals surface area contributed by atoms with Gasteiger partial charge in [0.25, 0.3) is 0 Å². The molecule has 3 heteroatoms. The normalized spacial score (nSPS) is 15.3. The lowest BCUT2D eigenvalue weighted by molar-refractivity contribution is 0.170. The molecule has 0 spiro atoms. The van der Waals surface area contributed by atoms with E-state index in [0.717, 1.165) is 13.0 Å². The van der Waals surface area contributed by atoms with E-state index in [0.29, 0.717) is 18.0 Å². The molecule has 1 heterocycles. The summed E-state index contributed by atoms with van der Waals surface area (Å²) in [5, 5.41) is 3.61. The molecule has 2 unspecified atom stereocenters. The zero-order chi connectivity index (χ0) is 12.0.